The number of phosphoric ester groups is 1. The lowest BCUT2D eigenvalue weighted by Crippen LogP contribution is -2.64. The zero-order valence-electron chi connectivity index (χ0n) is 38.8. The van der Waals surface area contributed by atoms with Gasteiger partial charge in [-0.3, -0.25) is 18.6 Å². The molecule has 368 valence electrons. The Morgan fingerprint density at radius 2 is 1.05 bits per heavy atom. The third kappa shape index (κ3) is 27.2. The Labute approximate surface area is 383 Å². The second-order valence-corrected chi connectivity index (χ2v) is 18.4. The van der Waals surface area contributed by atoms with Gasteiger partial charge < -0.3 is 44.6 Å². The summed E-state index contributed by atoms with van der Waals surface area (Å²) in [5, 5.41) is 50.2. The molecule has 1 aliphatic carbocycles. The van der Waals surface area contributed by atoms with E-state index in [2.05, 4.69) is 62.5 Å². The number of carbonyl (C=O) groups excluding carboxylic acids is 2. The predicted molar refractivity (Wildman–Crippen MR) is 248 cm³/mol. The van der Waals surface area contributed by atoms with Crippen LogP contribution < -0.4 is 0 Å². The third-order valence-corrected chi connectivity index (χ3v) is 12.2. The topological polar surface area (TPSA) is 222 Å². The number of aliphatic hydroxyl groups is 5. The predicted octanol–water partition coefficient (Wildman–Crippen LogP) is 8.71. The van der Waals surface area contributed by atoms with Gasteiger partial charge in [-0.15, -0.1) is 0 Å². The zero-order valence-corrected chi connectivity index (χ0v) is 39.6. The van der Waals surface area contributed by atoms with Gasteiger partial charge in [-0.2, -0.15) is 0 Å². The summed E-state index contributed by atoms with van der Waals surface area (Å²) in [7, 11) is -5.14. The third-order valence-electron chi connectivity index (χ3n) is 11.3. The maximum atomic E-state index is 12.8. The average molecular weight is 927 g/mol. The second kappa shape index (κ2) is 35.7. The summed E-state index contributed by atoms with van der Waals surface area (Å²) < 4.78 is 39.2. The van der Waals surface area contributed by atoms with Gasteiger partial charge in [0.15, 0.2) is 6.10 Å². The van der Waals surface area contributed by atoms with Crippen molar-refractivity contribution in [2.75, 3.05) is 13.2 Å². The lowest BCUT2D eigenvalue weighted by molar-refractivity contribution is -0.220. The zero-order chi connectivity index (χ0) is 46.8. The van der Waals surface area contributed by atoms with Gasteiger partial charge in [0, 0.05) is 12.8 Å². The molecule has 1 saturated heterocycles. The van der Waals surface area contributed by atoms with E-state index in [4.69, 9.17) is 23.3 Å². The summed E-state index contributed by atoms with van der Waals surface area (Å²) in [4.78, 5) is 35.7. The van der Waals surface area contributed by atoms with E-state index in [1.165, 1.54) is 38.5 Å². The lowest BCUT2D eigenvalue weighted by atomic mass is 9.85. The van der Waals surface area contributed by atoms with Gasteiger partial charge in [-0.05, 0) is 77.0 Å². The van der Waals surface area contributed by atoms with E-state index < -0.39 is 75.7 Å². The van der Waals surface area contributed by atoms with E-state index in [-0.39, 0.29) is 12.8 Å². The smallest absolute Gasteiger partial charge is 0.462 e. The summed E-state index contributed by atoms with van der Waals surface area (Å²) in [5.41, 5.74) is 0. The number of carbonyl (C=O) groups is 2. The Morgan fingerprint density at radius 1 is 0.562 bits per heavy atom. The second-order valence-electron chi connectivity index (χ2n) is 17.0. The molecular formula is C49H83O14P. The number of hydrogen-bond acceptors (Lipinski definition) is 13. The number of epoxide rings is 1. The molecule has 0 amide bonds. The fourth-order valence-electron chi connectivity index (χ4n) is 7.23. The summed E-state index contributed by atoms with van der Waals surface area (Å²) in [5.74, 6) is -1.18. The molecule has 15 heteroatoms. The standard InChI is InChI=1S/C49H83O14P/c1-3-5-7-8-9-10-11-12-13-14-15-16-17-21-24-27-31-35-42(50)59-37-39(38-60-64(57,58)63-49-47(55)45(53)44(52)46(54)48(49)56)61-43(51)36-32-28-25-22-19-18-20-23-26-30-34-41-40(62-41)33-29-6-4-2/h9-10,12-13,18,20,22,25-26,30,39-41,44-49,52-56H,3-8,11,14-17,19,21,23-24,27-29,31-38H2,1-2H3,(H,57,58)/b10-9-,13-12-,20-18-,25-22-,30-26-/t39-,40?,41?,44?,45-,46+,47-,48-,49?/m1/s1. The Balaban J connectivity index is 1.72. The number of unbranched alkanes of at least 4 members (excludes halogenated alkanes) is 13. The summed E-state index contributed by atoms with van der Waals surface area (Å²) in [6.07, 6.45) is 31.6. The Hall–Kier alpha value is -2.49. The van der Waals surface area contributed by atoms with Crippen LogP contribution in [-0.4, -0.2) is 111 Å². The highest BCUT2D eigenvalue weighted by Gasteiger charge is 2.51. The minimum atomic E-state index is -5.14. The Kier molecular flexibility index (Phi) is 32.1. The molecule has 2 rings (SSSR count). The van der Waals surface area contributed by atoms with E-state index in [0.29, 0.717) is 31.5 Å². The molecule has 0 aromatic rings. The number of rotatable bonds is 38. The van der Waals surface area contributed by atoms with Crippen molar-refractivity contribution in [2.24, 2.45) is 0 Å². The molecular weight excluding hydrogens is 843 g/mol. The first-order valence-corrected chi connectivity index (χ1v) is 25.7. The molecule has 2 fully saturated rings. The van der Waals surface area contributed by atoms with Crippen molar-refractivity contribution in [1.29, 1.82) is 0 Å². The highest BCUT2D eigenvalue weighted by molar-refractivity contribution is 7.47. The van der Waals surface area contributed by atoms with E-state index >= 15 is 0 Å². The molecule has 64 heavy (non-hydrogen) atoms. The molecule has 1 saturated carbocycles. The van der Waals surface area contributed by atoms with Crippen LogP contribution in [-0.2, 0) is 37.4 Å². The highest BCUT2D eigenvalue weighted by atomic mass is 31.2. The maximum absolute atomic E-state index is 12.8. The van der Waals surface area contributed by atoms with Crippen molar-refractivity contribution in [2.45, 2.75) is 223 Å². The van der Waals surface area contributed by atoms with E-state index in [9.17, 15) is 44.6 Å². The minimum Gasteiger partial charge on any atom is -0.462 e. The van der Waals surface area contributed by atoms with Crippen molar-refractivity contribution in [3.63, 3.8) is 0 Å². The summed E-state index contributed by atoms with van der Waals surface area (Å²) >= 11 is 0. The van der Waals surface area contributed by atoms with Crippen LogP contribution >= 0.6 is 7.82 Å². The molecule has 1 aliphatic heterocycles. The summed E-state index contributed by atoms with van der Waals surface area (Å²) in [6.45, 7) is 3.19. The SMILES string of the molecule is CCCCC/C=C\C/C=C\CCCCCCCCCC(=O)OC[C@H](COP(=O)(O)OC1[C@H](O)[C@H](O)C(O)[C@H](O)[C@H]1O)OC(=O)CCC/C=C\C/C=C\C/C=C\CC1OC1CCCCC. The van der Waals surface area contributed by atoms with E-state index in [0.717, 1.165) is 83.5 Å². The van der Waals surface area contributed by atoms with Crippen LogP contribution in [0.15, 0.2) is 60.8 Å². The first-order chi connectivity index (χ1) is 30.9. The van der Waals surface area contributed by atoms with Crippen molar-refractivity contribution < 1.29 is 67.8 Å². The van der Waals surface area contributed by atoms with Gasteiger partial charge in [0.25, 0.3) is 0 Å². The average Bonchev–Trinajstić information content (AvgIpc) is 4.03. The van der Waals surface area contributed by atoms with Gasteiger partial charge in [0.2, 0.25) is 0 Å². The molecule has 0 aromatic carbocycles. The largest absolute Gasteiger partial charge is 0.472 e. The Morgan fingerprint density at radius 3 is 1.66 bits per heavy atom. The van der Waals surface area contributed by atoms with E-state index in [1.54, 1.807) is 0 Å². The normalized spacial score (nSPS) is 25.2. The van der Waals surface area contributed by atoms with Crippen LogP contribution in [0.4, 0.5) is 0 Å². The molecule has 0 aromatic heterocycles. The fourth-order valence-corrected chi connectivity index (χ4v) is 8.20. The van der Waals surface area contributed by atoms with Gasteiger partial charge in [-0.1, -0.05) is 139 Å². The van der Waals surface area contributed by atoms with Gasteiger partial charge in [-0.25, -0.2) is 4.57 Å². The lowest BCUT2D eigenvalue weighted by Gasteiger charge is -2.41. The van der Waals surface area contributed by atoms with Crippen LogP contribution in [0.3, 0.4) is 0 Å². The van der Waals surface area contributed by atoms with E-state index in [1.807, 2.05) is 12.2 Å². The minimum absolute atomic E-state index is 0.0129. The molecule has 0 bridgehead atoms. The number of esters is 2. The Bertz CT molecular complexity index is 1420. The number of hydrogen-bond donors (Lipinski definition) is 6. The van der Waals surface area contributed by atoms with Gasteiger partial charge in [0.1, 0.15) is 43.2 Å². The fraction of sp³-hybridized carbons (Fsp3) is 0.755. The van der Waals surface area contributed by atoms with Crippen molar-refractivity contribution in [3.05, 3.63) is 60.8 Å². The molecule has 14 nitrogen and oxygen atoms in total. The molecule has 1 heterocycles. The van der Waals surface area contributed by atoms with Crippen LogP contribution in [0.2, 0.25) is 0 Å². The molecule has 5 unspecified atom stereocenters. The first-order valence-electron chi connectivity index (χ1n) is 24.2. The number of allylic oxidation sites excluding steroid dienone is 9. The van der Waals surface area contributed by atoms with Crippen molar-refractivity contribution in [1.82, 2.24) is 0 Å². The van der Waals surface area contributed by atoms with Crippen LogP contribution in [0.5, 0.6) is 0 Å². The van der Waals surface area contributed by atoms with Crippen molar-refractivity contribution >= 4 is 19.8 Å². The number of phosphoric acid groups is 1. The number of aliphatic hydroxyl groups excluding tert-OH is 5. The molecule has 10 atom stereocenters. The van der Waals surface area contributed by atoms with Crippen molar-refractivity contribution in [3.8, 4) is 0 Å². The maximum Gasteiger partial charge on any atom is 0.472 e. The van der Waals surface area contributed by atoms with Crippen LogP contribution in [0.1, 0.15) is 168 Å². The highest BCUT2D eigenvalue weighted by Crippen LogP contribution is 2.47. The van der Waals surface area contributed by atoms with Crippen LogP contribution in [0, 0.1) is 0 Å². The number of ether oxygens (including phenoxy) is 3. The molecule has 2 aliphatic rings. The molecule has 6 N–H and O–H groups in total. The first kappa shape index (κ1) is 57.6. The molecule has 0 spiro atoms. The summed E-state index contributed by atoms with van der Waals surface area (Å²) in [6, 6.07) is 0. The molecule has 0 radical (unpaired) electrons. The van der Waals surface area contributed by atoms with Crippen LogP contribution in [0.25, 0.3) is 0 Å². The quantitative estimate of drug-likeness (QED) is 0.0112. The monoisotopic (exact) mass is 927 g/mol. The van der Waals surface area contributed by atoms with Gasteiger partial charge >= 0.3 is 19.8 Å². The van der Waals surface area contributed by atoms with Gasteiger partial charge in [0.05, 0.1) is 18.8 Å².